The van der Waals surface area contributed by atoms with Crippen LogP contribution >= 0.6 is 0 Å². The number of hydrogen-bond donors (Lipinski definition) is 0. The van der Waals surface area contributed by atoms with Crippen LogP contribution in [0.3, 0.4) is 0 Å². The minimum absolute atomic E-state index is 0.0289. The van der Waals surface area contributed by atoms with E-state index >= 15 is 0 Å². The van der Waals surface area contributed by atoms with Gasteiger partial charge >= 0.3 is 0 Å². The average Bonchev–Trinajstić information content (AvgIpc) is 2.54. The van der Waals surface area contributed by atoms with Gasteiger partial charge < -0.3 is 9.80 Å². The lowest BCUT2D eigenvalue weighted by molar-refractivity contribution is -0.121. The number of amides is 2. The Kier molecular flexibility index (Phi) is 5.52. The minimum atomic E-state index is -0.148. The average molecular weight is 310 g/mol. The molecule has 0 bridgehead atoms. The number of rotatable bonds is 5. The van der Waals surface area contributed by atoms with Crippen molar-refractivity contribution < 1.29 is 9.59 Å². The lowest BCUT2D eigenvalue weighted by atomic mass is 10.2. The highest BCUT2D eigenvalue weighted by molar-refractivity contribution is 6.02. The third-order valence-corrected chi connectivity index (χ3v) is 3.67. The molecule has 0 fully saturated rings. The predicted molar refractivity (Wildman–Crippen MR) is 93.7 cm³/mol. The van der Waals surface area contributed by atoms with Crippen LogP contribution in [0.4, 0.5) is 11.4 Å². The highest BCUT2D eigenvalue weighted by atomic mass is 16.2. The quantitative estimate of drug-likeness (QED) is 0.849. The van der Waals surface area contributed by atoms with Crippen molar-refractivity contribution in [1.29, 1.82) is 0 Å². The molecule has 0 aliphatic heterocycles. The van der Waals surface area contributed by atoms with Gasteiger partial charge in [-0.05, 0) is 43.7 Å². The van der Waals surface area contributed by atoms with Crippen LogP contribution in [0.25, 0.3) is 0 Å². The van der Waals surface area contributed by atoms with Crippen LogP contribution in [0.15, 0.2) is 54.6 Å². The van der Waals surface area contributed by atoms with Gasteiger partial charge in [0.1, 0.15) is 6.54 Å². The molecule has 4 heteroatoms. The number of para-hydroxylation sites is 1. The number of benzene rings is 2. The van der Waals surface area contributed by atoms with Crippen molar-refractivity contribution in [2.45, 2.75) is 20.8 Å². The molecule has 0 aromatic heterocycles. The first-order valence-corrected chi connectivity index (χ1v) is 7.73. The fourth-order valence-electron chi connectivity index (χ4n) is 2.51. The molecule has 120 valence electrons. The SMILES string of the molecule is CCN(C(=O)CN(C(C)=O)c1ccccc1)c1cccc(C)c1. The van der Waals surface area contributed by atoms with E-state index in [0.29, 0.717) is 6.54 Å². The van der Waals surface area contributed by atoms with Crippen LogP contribution in [0.1, 0.15) is 19.4 Å². The Morgan fingerprint density at radius 2 is 1.57 bits per heavy atom. The van der Waals surface area contributed by atoms with Gasteiger partial charge in [-0.1, -0.05) is 30.3 Å². The zero-order valence-electron chi connectivity index (χ0n) is 13.8. The van der Waals surface area contributed by atoms with Crippen molar-refractivity contribution in [2.24, 2.45) is 0 Å². The first kappa shape index (κ1) is 16.7. The van der Waals surface area contributed by atoms with Gasteiger partial charge in [-0.15, -0.1) is 0 Å². The van der Waals surface area contributed by atoms with E-state index < -0.39 is 0 Å². The van der Waals surface area contributed by atoms with E-state index in [0.717, 1.165) is 16.9 Å². The molecular weight excluding hydrogens is 288 g/mol. The van der Waals surface area contributed by atoms with Gasteiger partial charge in [0.2, 0.25) is 11.8 Å². The van der Waals surface area contributed by atoms with E-state index in [-0.39, 0.29) is 18.4 Å². The van der Waals surface area contributed by atoms with E-state index in [4.69, 9.17) is 0 Å². The number of hydrogen-bond acceptors (Lipinski definition) is 2. The van der Waals surface area contributed by atoms with Gasteiger partial charge in [-0.3, -0.25) is 9.59 Å². The van der Waals surface area contributed by atoms with Gasteiger partial charge in [-0.2, -0.15) is 0 Å². The molecule has 2 amide bonds. The summed E-state index contributed by atoms with van der Waals surface area (Å²) in [5.74, 6) is -0.248. The van der Waals surface area contributed by atoms with E-state index in [2.05, 4.69) is 0 Å². The molecule has 0 heterocycles. The van der Waals surface area contributed by atoms with E-state index in [1.165, 1.54) is 11.8 Å². The van der Waals surface area contributed by atoms with Gasteiger partial charge in [0, 0.05) is 24.8 Å². The Morgan fingerprint density at radius 3 is 2.13 bits per heavy atom. The van der Waals surface area contributed by atoms with Crippen molar-refractivity contribution >= 4 is 23.2 Å². The number of likely N-dealkylation sites (N-methyl/N-ethyl adjacent to an activating group) is 1. The van der Waals surface area contributed by atoms with Crippen LogP contribution < -0.4 is 9.80 Å². The summed E-state index contributed by atoms with van der Waals surface area (Å²) in [4.78, 5) is 27.8. The standard InChI is InChI=1S/C19H22N2O2/c1-4-20(18-12-8-9-15(2)13-18)19(23)14-21(16(3)22)17-10-6-5-7-11-17/h5-13H,4,14H2,1-3H3. The highest BCUT2D eigenvalue weighted by Gasteiger charge is 2.20. The molecule has 0 aliphatic carbocycles. The zero-order valence-corrected chi connectivity index (χ0v) is 13.8. The zero-order chi connectivity index (χ0) is 16.8. The molecule has 0 spiro atoms. The van der Waals surface area contributed by atoms with Gasteiger partial charge in [0.25, 0.3) is 0 Å². The third-order valence-electron chi connectivity index (χ3n) is 3.67. The molecule has 0 saturated carbocycles. The molecule has 4 nitrogen and oxygen atoms in total. The predicted octanol–water partition coefficient (Wildman–Crippen LogP) is 3.40. The molecule has 2 aromatic rings. The van der Waals surface area contributed by atoms with Gasteiger partial charge in [0.05, 0.1) is 0 Å². The van der Waals surface area contributed by atoms with Crippen LogP contribution in [-0.2, 0) is 9.59 Å². The number of carbonyl (C=O) groups excluding carboxylic acids is 2. The lowest BCUT2D eigenvalue weighted by Gasteiger charge is -2.26. The Morgan fingerprint density at radius 1 is 0.913 bits per heavy atom. The largest absolute Gasteiger partial charge is 0.311 e. The highest BCUT2D eigenvalue weighted by Crippen LogP contribution is 2.18. The molecule has 0 aliphatic rings. The molecule has 23 heavy (non-hydrogen) atoms. The number of aryl methyl sites for hydroxylation is 1. The maximum Gasteiger partial charge on any atom is 0.247 e. The maximum atomic E-state index is 12.7. The van der Waals surface area contributed by atoms with Crippen LogP contribution in [0, 0.1) is 6.92 Å². The summed E-state index contributed by atoms with van der Waals surface area (Å²) in [6.07, 6.45) is 0. The lowest BCUT2D eigenvalue weighted by Crippen LogP contribution is -2.42. The number of anilines is 2. The normalized spacial score (nSPS) is 10.2. The van der Waals surface area contributed by atoms with Crippen molar-refractivity contribution in [2.75, 3.05) is 22.9 Å². The summed E-state index contributed by atoms with van der Waals surface area (Å²) in [7, 11) is 0. The van der Waals surface area contributed by atoms with Crippen LogP contribution in [-0.4, -0.2) is 24.9 Å². The van der Waals surface area contributed by atoms with Crippen LogP contribution in [0.2, 0.25) is 0 Å². The second kappa shape index (κ2) is 7.58. The molecule has 0 unspecified atom stereocenters. The monoisotopic (exact) mass is 310 g/mol. The van der Waals surface area contributed by atoms with E-state index in [1.54, 1.807) is 4.90 Å². The van der Waals surface area contributed by atoms with Gasteiger partial charge in [-0.25, -0.2) is 0 Å². The minimum Gasteiger partial charge on any atom is -0.311 e. The molecule has 0 saturated heterocycles. The number of carbonyl (C=O) groups is 2. The summed E-state index contributed by atoms with van der Waals surface area (Å²) in [6.45, 7) is 5.99. The summed E-state index contributed by atoms with van der Waals surface area (Å²) < 4.78 is 0. The maximum absolute atomic E-state index is 12.7. The molecule has 2 rings (SSSR count). The number of nitrogens with zero attached hydrogens (tertiary/aromatic N) is 2. The fraction of sp³-hybridized carbons (Fsp3) is 0.263. The third kappa shape index (κ3) is 4.19. The Balaban J connectivity index is 2.22. The van der Waals surface area contributed by atoms with E-state index in [9.17, 15) is 9.59 Å². The van der Waals surface area contributed by atoms with E-state index in [1.807, 2.05) is 68.4 Å². The summed E-state index contributed by atoms with van der Waals surface area (Å²) in [5.41, 5.74) is 2.68. The van der Waals surface area contributed by atoms with Crippen molar-refractivity contribution in [3.63, 3.8) is 0 Å². The second-order valence-corrected chi connectivity index (χ2v) is 5.42. The molecule has 2 aromatic carbocycles. The first-order valence-electron chi connectivity index (χ1n) is 7.73. The Bertz CT molecular complexity index is 683. The van der Waals surface area contributed by atoms with Crippen LogP contribution in [0.5, 0.6) is 0 Å². The molecule has 0 atom stereocenters. The smallest absolute Gasteiger partial charge is 0.247 e. The topological polar surface area (TPSA) is 40.6 Å². The molecule has 0 radical (unpaired) electrons. The summed E-state index contributed by atoms with van der Waals surface area (Å²) in [6, 6.07) is 17.1. The second-order valence-electron chi connectivity index (χ2n) is 5.42. The van der Waals surface area contributed by atoms with Crippen molar-refractivity contribution in [3.05, 3.63) is 60.2 Å². The van der Waals surface area contributed by atoms with Crippen molar-refractivity contribution in [3.8, 4) is 0 Å². The molecule has 0 N–H and O–H groups in total. The fourth-order valence-corrected chi connectivity index (χ4v) is 2.51. The van der Waals surface area contributed by atoms with Gasteiger partial charge in [0.15, 0.2) is 0 Å². The molecular formula is C19H22N2O2. The Hall–Kier alpha value is -2.62. The first-order chi connectivity index (χ1) is 11.0. The summed E-state index contributed by atoms with van der Waals surface area (Å²) in [5, 5.41) is 0. The Labute approximate surface area is 137 Å². The summed E-state index contributed by atoms with van der Waals surface area (Å²) >= 11 is 0. The van der Waals surface area contributed by atoms with Crippen molar-refractivity contribution in [1.82, 2.24) is 0 Å².